The quantitative estimate of drug-likeness (QED) is 0.852. The van der Waals surface area contributed by atoms with Gasteiger partial charge in [0.2, 0.25) is 0 Å². The maximum absolute atomic E-state index is 6.38. The van der Waals surface area contributed by atoms with Crippen molar-refractivity contribution in [2.75, 3.05) is 13.2 Å². The van der Waals surface area contributed by atoms with Crippen LogP contribution < -0.4 is 5.73 Å². The van der Waals surface area contributed by atoms with Gasteiger partial charge in [0.1, 0.15) is 0 Å². The molecule has 2 rings (SSSR count). The summed E-state index contributed by atoms with van der Waals surface area (Å²) in [6.07, 6.45) is 0. The first-order chi connectivity index (χ1) is 7.79. The summed E-state index contributed by atoms with van der Waals surface area (Å²) in [5.41, 5.74) is 11.6. The van der Waals surface area contributed by atoms with Crippen molar-refractivity contribution >= 4 is 0 Å². The average Bonchev–Trinajstić information content (AvgIpc) is 2.14. The lowest BCUT2D eigenvalue weighted by Gasteiger charge is -2.51. The normalized spacial score (nSPS) is 18.9. The van der Waals surface area contributed by atoms with Crippen LogP contribution in [0.25, 0.3) is 0 Å². The first-order valence-electron chi connectivity index (χ1n) is 6.23. The van der Waals surface area contributed by atoms with E-state index in [0.717, 1.165) is 13.2 Å². The van der Waals surface area contributed by atoms with Crippen LogP contribution in [0, 0.1) is 20.8 Å². The van der Waals surface area contributed by atoms with Gasteiger partial charge in [0.25, 0.3) is 0 Å². The Morgan fingerprint density at radius 1 is 1.12 bits per heavy atom. The van der Waals surface area contributed by atoms with Gasteiger partial charge in [-0.15, -0.1) is 0 Å². The summed E-state index contributed by atoms with van der Waals surface area (Å²) < 4.78 is 5.46. The molecule has 2 nitrogen and oxygen atoms in total. The molecule has 0 aromatic heterocycles. The highest BCUT2D eigenvalue weighted by atomic mass is 16.5. The molecule has 2 N–H and O–H groups in total. The predicted octanol–water partition coefficient (Wildman–Crippen LogP) is 2.62. The average molecular weight is 233 g/mol. The lowest BCUT2D eigenvalue weighted by atomic mass is 9.64. The van der Waals surface area contributed by atoms with Crippen molar-refractivity contribution in [3.05, 3.63) is 34.4 Å². The molecule has 2 heteroatoms. The molecule has 0 aliphatic carbocycles. The van der Waals surface area contributed by atoms with E-state index in [1.807, 2.05) is 0 Å². The second kappa shape index (κ2) is 3.82. The zero-order valence-corrected chi connectivity index (χ0v) is 11.6. The Bertz CT molecular complexity index is 439. The highest BCUT2D eigenvalue weighted by Gasteiger charge is 2.51. The van der Waals surface area contributed by atoms with Crippen molar-refractivity contribution in [3.63, 3.8) is 0 Å². The molecule has 1 aliphatic heterocycles. The molecule has 0 spiro atoms. The molecule has 0 unspecified atom stereocenters. The van der Waals surface area contributed by atoms with Gasteiger partial charge in [-0.25, -0.2) is 0 Å². The number of ether oxygens (including phenoxy) is 1. The van der Waals surface area contributed by atoms with E-state index in [9.17, 15) is 0 Å². The van der Waals surface area contributed by atoms with Crippen LogP contribution in [0.3, 0.4) is 0 Å². The van der Waals surface area contributed by atoms with E-state index in [2.05, 4.69) is 46.8 Å². The molecule has 0 amide bonds. The van der Waals surface area contributed by atoms with Crippen LogP contribution in [0.4, 0.5) is 0 Å². The van der Waals surface area contributed by atoms with Gasteiger partial charge in [0.05, 0.1) is 18.6 Å². The number of aryl methyl sites for hydroxylation is 1. The minimum Gasteiger partial charge on any atom is -0.379 e. The summed E-state index contributed by atoms with van der Waals surface area (Å²) in [6, 6.07) is 4.43. The fourth-order valence-corrected chi connectivity index (χ4v) is 2.66. The fraction of sp³-hybridized carbons (Fsp3) is 0.600. The van der Waals surface area contributed by atoms with E-state index in [0.29, 0.717) is 0 Å². The van der Waals surface area contributed by atoms with E-state index in [1.54, 1.807) is 0 Å². The first kappa shape index (κ1) is 12.6. The van der Waals surface area contributed by atoms with Gasteiger partial charge >= 0.3 is 0 Å². The van der Waals surface area contributed by atoms with Gasteiger partial charge in [-0.3, -0.25) is 0 Å². The van der Waals surface area contributed by atoms with E-state index in [-0.39, 0.29) is 11.0 Å². The molecule has 17 heavy (non-hydrogen) atoms. The Kier molecular flexibility index (Phi) is 2.83. The molecule has 0 radical (unpaired) electrons. The van der Waals surface area contributed by atoms with Crippen LogP contribution in [-0.4, -0.2) is 18.8 Å². The maximum atomic E-state index is 6.38. The van der Waals surface area contributed by atoms with Gasteiger partial charge < -0.3 is 10.5 Å². The molecule has 1 saturated heterocycles. The topological polar surface area (TPSA) is 35.2 Å². The van der Waals surface area contributed by atoms with Crippen LogP contribution in [0.1, 0.15) is 36.1 Å². The highest BCUT2D eigenvalue weighted by molar-refractivity contribution is 5.45. The van der Waals surface area contributed by atoms with Crippen molar-refractivity contribution in [2.24, 2.45) is 5.73 Å². The maximum Gasteiger partial charge on any atom is 0.0603 e. The van der Waals surface area contributed by atoms with E-state index < -0.39 is 0 Å². The summed E-state index contributed by atoms with van der Waals surface area (Å²) in [5, 5.41) is 0. The van der Waals surface area contributed by atoms with Crippen molar-refractivity contribution < 1.29 is 4.74 Å². The molecule has 1 fully saturated rings. The summed E-state index contributed by atoms with van der Waals surface area (Å²) in [7, 11) is 0. The lowest BCUT2D eigenvalue weighted by Crippen LogP contribution is -2.65. The molecular formula is C15H23NO. The standard InChI is InChI=1S/C15H23NO/c1-10-6-7-13(12(3)11(10)2)15(8-17-9-15)14(4,5)16/h6-7H,8-9,16H2,1-5H3. The molecule has 1 aliphatic rings. The van der Waals surface area contributed by atoms with Crippen molar-refractivity contribution in [2.45, 2.75) is 45.6 Å². The second-order valence-corrected chi connectivity index (χ2v) is 5.98. The Morgan fingerprint density at radius 2 is 1.71 bits per heavy atom. The Hall–Kier alpha value is -0.860. The Balaban J connectivity index is 2.57. The second-order valence-electron chi connectivity index (χ2n) is 5.98. The molecule has 94 valence electrons. The fourth-order valence-electron chi connectivity index (χ4n) is 2.66. The predicted molar refractivity (Wildman–Crippen MR) is 71.4 cm³/mol. The summed E-state index contributed by atoms with van der Waals surface area (Å²) in [5.74, 6) is 0. The minimum atomic E-state index is -0.252. The Labute approximate surface area is 104 Å². The molecule has 0 atom stereocenters. The minimum absolute atomic E-state index is 0.0183. The van der Waals surface area contributed by atoms with Gasteiger partial charge in [0.15, 0.2) is 0 Å². The van der Waals surface area contributed by atoms with E-state index in [1.165, 1.54) is 22.3 Å². The molecule has 1 aromatic rings. The first-order valence-corrected chi connectivity index (χ1v) is 6.23. The number of benzene rings is 1. The van der Waals surface area contributed by atoms with E-state index >= 15 is 0 Å². The number of hydrogen-bond donors (Lipinski definition) is 1. The van der Waals surface area contributed by atoms with Gasteiger partial charge in [-0.2, -0.15) is 0 Å². The van der Waals surface area contributed by atoms with E-state index in [4.69, 9.17) is 10.5 Å². The monoisotopic (exact) mass is 233 g/mol. The lowest BCUT2D eigenvalue weighted by molar-refractivity contribution is -0.0922. The van der Waals surface area contributed by atoms with Gasteiger partial charge in [-0.1, -0.05) is 12.1 Å². The largest absolute Gasteiger partial charge is 0.379 e. The van der Waals surface area contributed by atoms with Gasteiger partial charge in [-0.05, 0) is 56.9 Å². The van der Waals surface area contributed by atoms with Crippen LogP contribution in [0.2, 0.25) is 0 Å². The summed E-state index contributed by atoms with van der Waals surface area (Å²) >= 11 is 0. The zero-order chi connectivity index (χ0) is 12.8. The third-order valence-electron chi connectivity index (χ3n) is 4.50. The number of nitrogens with two attached hydrogens (primary N) is 1. The molecular weight excluding hydrogens is 210 g/mol. The number of rotatable bonds is 2. The van der Waals surface area contributed by atoms with Crippen LogP contribution in [0.5, 0.6) is 0 Å². The molecule has 0 saturated carbocycles. The van der Waals surface area contributed by atoms with Crippen LogP contribution in [0.15, 0.2) is 12.1 Å². The molecule has 0 bridgehead atoms. The van der Waals surface area contributed by atoms with Crippen molar-refractivity contribution in [1.82, 2.24) is 0 Å². The highest BCUT2D eigenvalue weighted by Crippen LogP contribution is 2.42. The third-order valence-corrected chi connectivity index (χ3v) is 4.50. The van der Waals surface area contributed by atoms with Gasteiger partial charge in [0, 0.05) is 5.54 Å². The van der Waals surface area contributed by atoms with Crippen LogP contribution in [-0.2, 0) is 10.2 Å². The Morgan fingerprint density at radius 3 is 2.12 bits per heavy atom. The smallest absolute Gasteiger partial charge is 0.0603 e. The van der Waals surface area contributed by atoms with Crippen LogP contribution >= 0.6 is 0 Å². The SMILES string of the molecule is Cc1ccc(C2(C(C)(C)N)COC2)c(C)c1C. The molecule has 1 aromatic carbocycles. The number of hydrogen-bond acceptors (Lipinski definition) is 2. The van der Waals surface area contributed by atoms with Crippen molar-refractivity contribution in [1.29, 1.82) is 0 Å². The summed E-state index contributed by atoms with van der Waals surface area (Å²) in [4.78, 5) is 0. The third kappa shape index (κ3) is 1.71. The zero-order valence-electron chi connectivity index (χ0n) is 11.6. The summed E-state index contributed by atoms with van der Waals surface area (Å²) in [6.45, 7) is 12.2. The van der Waals surface area contributed by atoms with Crippen molar-refractivity contribution in [3.8, 4) is 0 Å². The molecule has 1 heterocycles.